The number of piperidine rings is 1. The molecule has 1 spiro atoms. The van der Waals surface area contributed by atoms with Crippen molar-refractivity contribution in [2.24, 2.45) is 11.8 Å². The summed E-state index contributed by atoms with van der Waals surface area (Å²) in [5.74, 6) is 1.06. The normalized spacial score (nSPS) is 41.2. The van der Waals surface area contributed by atoms with E-state index in [4.69, 9.17) is 0 Å². The van der Waals surface area contributed by atoms with Gasteiger partial charge < -0.3 is 5.11 Å². The second-order valence-corrected chi connectivity index (χ2v) is 8.45. The minimum Gasteiger partial charge on any atom is -0.383 e. The Morgan fingerprint density at radius 2 is 2.12 bits per heavy atom. The average molecular weight is 336 g/mol. The number of hydrogen-bond acceptors (Lipinski definition) is 3. The first kappa shape index (κ1) is 14.5. The molecular weight excluding hydrogens is 312 g/mol. The van der Waals surface area contributed by atoms with Crippen LogP contribution in [0.4, 0.5) is 5.69 Å². The van der Waals surface area contributed by atoms with Gasteiger partial charge in [-0.1, -0.05) is 31.5 Å². The molecule has 5 aliphatic rings. The molecule has 0 saturated carbocycles. The van der Waals surface area contributed by atoms with E-state index in [-0.39, 0.29) is 11.3 Å². The number of nitrogens with zero attached hydrogens (tertiary/aromatic N) is 2. The number of aliphatic hydroxyl groups excluding tert-OH is 1. The number of anilines is 1. The maximum absolute atomic E-state index is 13.0. The van der Waals surface area contributed by atoms with Crippen LogP contribution < -0.4 is 4.90 Å². The topological polar surface area (TPSA) is 43.8 Å². The van der Waals surface area contributed by atoms with Gasteiger partial charge in [0.15, 0.2) is 0 Å². The number of carbonyl (C=O) groups excluding carboxylic acids is 1. The standard InChI is InChI=1S/C21H24N2O2/c1-2-12-13-7-9-22-10-8-21(18(12)22)15-5-3-4-6-16(15)23-19(21)14(13)11-17(24)20(23)25/h3-6,12-13,17-18,24H,2,7-11H2,1H3/t12-,13-,17-,18+,21-/m0/s1. The number of benzene rings is 1. The third-order valence-electron chi connectivity index (χ3n) is 7.75. The monoisotopic (exact) mass is 336 g/mol. The Morgan fingerprint density at radius 1 is 1.28 bits per heavy atom. The highest BCUT2D eigenvalue weighted by Crippen LogP contribution is 2.66. The van der Waals surface area contributed by atoms with Crippen molar-refractivity contribution >= 4 is 11.6 Å². The average Bonchev–Trinajstić information content (AvgIpc) is 3.18. The highest BCUT2D eigenvalue weighted by Gasteiger charge is 2.67. The van der Waals surface area contributed by atoms with Crippen LogP contribution in [0.1, 0.15) is 38.2 Å². The fourth-order valence-corrected chi connectivity index (χ4v) is 7.06. The van der Waals surface area contributed by atoms with E-state index in [2.05, 4.69) is 30.0 Å². The first-order chi connectivity index (χ1) is 12.2. The maximum Gasteiger partial charge on any atom is 0.260 e. The van der Waals surface area contributed by atoms with Crippen LogP contribution in [-0.4, -0.2) is 41.1 Å². The van der Waals surface area contributed by atoms with Crippen LogP contribution in [0.5, 0.6) is 0 Å². The van der Waals surface area contributed by atoms with Gasteiger partial charge in [-0.2, -0.15) is 0 Å². The van der Waals surface area contributed by atoms with Crippen molar-refractivity contribution in [2.75, 3.05) is 18.0 Å². The Bertz CT molecular complexity index is 831. The molecule has 6 rings (SSSR count). The van der Waals surface area contributed by atoms with Crippen molar-refractivity contribution in [3.05, 3.63) is 41.1 Å². The molecule has 2 saturated heterocycles. The van der Waals surface area contributed by atoms with Crippen molar-refractivity contribution in [1.29, 1.82) is 0 Å². The summed E-state index contributed by atoms with van der Waals surface area (Å²) < 4.78 is 0. The first-order valence-corrected chi connectivity index (χ1v) is 9.77. The zero-order valence-corrected chi connectivity index (χ0v) is 14.6. The lowest BCUT2D eigenvalue weighted by Gasteiger charge is -2.55. The van der Waals surface area contributed by atoms with Crippen molar-refractivity contribution in [2.45, 2.75) is 50.2 Å². The van der Waals surface area contributed by atoms with E-state index in [1.165, 1.54) is 29.7 Å². The van der Waals surface area contributed by atoms with Gasteiger partial charge in [0.1, 0.15) is 6.10 Å². The summed E-state index contributed by atoms with van der Waals surface area (Å²) in [6.07, 6.45) is 3.13. The van der Waals surface area contributed by atoms with E-state index in [1.54, 1.807) is 0 Å². The minimum atomic E-state index is -0.879. The quantitative estimate of drug-likeness (QED) is 0.857. The van der Waals surface area contributed by atoms with E-state index in [0.29, 0.717) is 24.3 Å². The van der Waals surface area contributed by atoms with Crippen LogP contribution in [0.15, 0.2) is 35.5 Å². The summed E-state index contributed by atoms with van der Waals surface area (Å²) in [5.41, 5.74) is 5.00. The number of rotatable bonds is 1. The second-order valence-electron chi connectivity index (χ2n) is 8.45. The summed E-state index contributed by atoms with van der Waals surface area (Å²) in [7, 11) is 0. The van der Waals surface area contributed by atoms with E-state index in [9.17, 15) is 9.90 Å². The lowest BCUT2D eigenvalue weighted by molar-refractivity contribution is -0.127. The largest absolute Gasteiger partial charge is 0.383 e. The molecule has 0 unspecified atom stereocenters. The SMILES string of the molecule is CC[C@H]1[C@@H]2CCN3CC[C@@]4(C5=C2C[C@H](O)C(=O)N5c2ccccc24)[C@@H]13. The smallest absolute Gasteiger partial charge is 0.260 e. The molecule has 1 aromatic rings. The molecule has 4 nitrogen and oxygen atoms in total. The van der Waals surface area contributed by atoms with Crippen molar-refractivity contribution in [1.82, 2.24) is 4.90 Å². The number of amides is 1. The highest BCUT2D eigenvalue weighted by atomic mass is 16.3. The number of aliphatic hydroxyl groups is 1. The summed E-state index contributed by atoms with van der Waals surface area (Å²) >= 11 is 0. The minimum absolute atomic E-state index is 0.0284. The van der Waals surface area contributed by atoms with Crippen LogP contribution in [0.2, 0.25) is 0 Å². The van der Waals surface area contributed by atoms with Crippen molar-refractivity contribution in [3.63, 3.8) is 0 Å². The summed E-state index contributed by atoms with van der Waals surface area (Å²) in [5, 5.41) is 10.5. The number of carbonyl (C=O) groups is 1. The molecule has 4 heteroatoms. The molecular formula is C21H24N2O2. The molecule has 4 heterocycles. The van der Waals surface area contributed by atoms with E-state index in [0.717, 1.165) is 25.2 Å². The summed E-state index contributed by atoms with van der Waals surface area (Å²) in [4.78, 5) is 17.6. The van der Waals surface area contributed by atoms with Crippen LogP contribution in [0.3, 0.4) is 0 Å². The van der Waals surface area contributed by atoms with Crippen molar-refractivity contribution in [3.8, 4) is 0 Å². The van der Waals surface area contributed by atoms with E-state index >= 15 is 0 Å². The van der Waals surface area contributed by atoms with Gasteiger partial charge in [0.05, 0.1) is 11.1 Å². The first-order valence-electron chi connectivity index (χ1n) is 9.77. The molecule has 25 heavy (non-hydrogen) atoms. The zero-order valence-electron chi connectivity index (χ0n) is 14.6. The Balaban J connectivity index is 1.73. The predicted octanol–water partition coefficient (Wildman–Crippen LogP) is 2.42. The van der Waals surface area contributed by atoms with Crippen LogP contribution in [0.25, 0.3) is 0 Å². The lowest BCUT2D eigenvalue weighted by Crippen LogP contribution is -2.60. The van der Waals surface area contributed by atoms with Gasteiger partial charge in [-0.05, 0) is 55.0 Å². The second kappa shape index (κ2) is 4.54. The Kier molecular flexibility index (Phi) is 2.64. The van der Waals surface area contributed by atoms with Gasteiger partial charge in [0, 0.05) is 18.2 Å². The molecule has 1 aromatic carbocycles. The van der Waals surface area contributed by atoms with Crippen molar-refractivity contribution < 1.29 is 9.90 Å². The molecule has 130 valence electrons. The molecule has 5 atom stereocenters. The molecule has 1 aliphatic carbocycles. The molecule has 0 aromatic heterocycles. The molecule has 2 fully saturated rings. The van der Waals surface area contributed by atoms with Crippen LogP contribution >= 0.6 is 0 Å². The number of para-hydroxylation sites is 1. The van der Waals surface area contributed by atoms with Crippen LogP contribution in [-0.2, 0) is 10.2 Å². The fraction of sp³-hybridized carbons (Fsp3) is 0.571. The van der Waals surface area contributed by atoms with Gasteiger partial charge in [-0.25, -0.2) is 0 Å². The van der Waals surface area contributed by atoms with Gasteiger partial charge in [0.25, 0.3) is 5.91 Å². The fourth-order valence-electron chi connectivity index (χ4n) is 7.06. The van der Waals surface area contributed by atoms with Gasteiger partial charge in [-0.3, -0.25) is 14.6 Å². The predicted molar refractivity (Wildman–Crippen MR) is 95.1 cm³/mol. The van der Waals surface area contributed by atoms with Gasteiger partial charge in [-0.15, -0.1) is 0 Å². The Hall–Kier alpha value is -1.65. The Morgan fingerprint density at radius 3 is 2.96 bits per heavy atom. The van der Waals surface area contributed by atoms with Gasteiger partial charge in [0.2, 0.25) is 0 Å². The molecule has 0 radical (unpaired) electrons. The van der Waals surface area contributed by atoms with Crippen LogP contribution in [0, 0.1) is 11.8 Å². The summed E-state index contributed by atoms with van der Waals surface area (Å²) in [6, 6.07) is 8.98. The highest BCUT2D eigenvalue weighted by molar-refractivity contribution is 6.05. The molecule has 2 bridgehead atoms. The third kappa shape index (κ3) is 1.43. The third-order valence-corrected chi connectivity index (χ3v) is 7.75. The number of hydrogen-bond donors (Lipinski definition) is 1. The van der Waals surface area contributed by atoms with Gasteiger partial charge >= 0.3 is 0 Å². The van der Waals surface area contributed by atoms with E-state index < -0.39 is 6.10 Å². The Labute approximate surface area is 148 Å². The summed E-state index contributed by atoms with van der Waals surface area (Å²) in [6.45, 7) is 4.61. The molecule has 4 aliphatic heterocycles. The number of fused-ring (bicyclic) bond motifs is 4. The lowest BCUT2D eigenvalue weighted by atomic mass is 9.56. The molecule has 1 N–H and O–H groups in total. The zero-order chi connectivity index (χ0) is 16.9. The maximum atomic E-state index is 13.0. The molecule has 1 amide bonds. The van der Waals surface area contributed by atoms with E-state index in [1.807, 2.05) is 11.0 Å².